The Morgan fingerprint density at radius 1 is 1.60 bits per heavy atom. The van der Waals surface area contributed by atoms with E-state index in [4.69, 9.17) is 10.9 Å². The molecule has 0 aromatic carbocycles. The Morgan fingerprint density at radius 3 is 3.27 bits per heavy atom. The van der Waals surface area contributed by atoms with Crippen LogP contribution in [0.3, 0.4) is 0 Å². The van der Waals surface area contributed by atoms with Crippen molar-refractivity contribution < 1.29 is 4.52 Å². The van der Waals surface area contributed by atoms with E-state index in [0.717, 1.165) is 5.69 Å². The lowest BCUT2D eigenvalue weighted by Gasteiger charge is -1.91. The summed E-state index contributed by atoms with van der Waals surface area (Å²) in [6, 6.07) is 3.76. The first-order valence-corrected chi connectivity index (χ1v) is 4.50. The van der Waals surface area contributed by atoms with E-state index >= 15 is 0 Å². The SMILES string of the molecule is C#CCNCc1nc(-c2ccc[nH]2)no1. The third-order valence-electron chi connectivity index (χ3n) is 1.81. The molecule has 2 heterocycles. The molecule has 0 saturated heterocycles. The van der Waals surface area contributed by atoms with Crippen LogP contribution in [0.2, 0.25) is 0 Å². The minimum atomic E-state index is 0.484. The average Bonchev–Trinajstić information content (AvgIpc) is 2.87. The van der Waals surface area contributed by atoms with Gasteiger partial charge in [-0.1, -0.05) is 11.1 Å². The van der Waals surface area contributed by atoms with Gasteiger partial charge in [0.2, 0.25) is 11.7 Å². The van der Waals surface area contributed by atoms with Crippen LogP contribution < -0.4 is 5.32 Å². The summed E-state index contributed by atoms with van der Waals surface area (Å²) in [6.45, 7) is 0.970. The molecule has 15 heavy (non-hydrogen) atoms. The minimum Gasteiger partial charge on any atom is -0.359 e. The standard InChI is InChI=1S/C10H10N4O/c1-2-5-11-7-9-13-10(14-15-9)8-4-3-6-12-8/h1,3-4,6,11-12H,5,7H2. The van der Waals surface area contributed by atoms with Crippen molar-refractivity contribution in [1.29, 1.82) is 0 Å². The molecule has 76 valence electrons. The smallest absolute Gasteiger partial charge is 0.240 e. The third kappa shape index (κ3) is 2.24. The van der Waals surface area contributed by atoms with Crippen LogP contribution in [0.15, 0.2) is 22.9 Å². The molecule has 0 amide bonds. The lowest BCUT2D eigenvalue weighted by atomic mass is 10.4. The number of hydrogen-bond acceptors (Lipinski definition) is 4. The summed E-state index contributed by atoms with van der Waals surface area (Å²) in [4.78, 5) is 7.18. The maximum absolute atomic E-state index is 5.09. The molecule has 0 bridgehead atoms. The van der Waals surface area contributed by atoms with Crippen molar-refractivity contribution in [3.05, 3.63) is 24.2 Å². The van der Waals surface area contributed by atoms with Gasteiger partial charge in [0.25, 0.3) is 0 Å². The first-order valence-electron chi connectivity index (χ1n) is 4.50. The van der Waals surface area contributed by atoms with Gasteiger partial charge in [-0.15, -0.1) is 6.42 Å². The van der Waals surface area contributed by atoms with Gasteiger partial charge in [0.05, 0.1) is 18.8 Å². The molecule has 2 aromatic rings. The molecule has 0 aliphatic carbocycles. The van der Waals surface area contributed by atoms with E-state index in [1.165, 1.54) is 0 Å². The second-order valence-electron chi connectivity index (χ2n) is 2.90. The van der Waals surface area contributed by atoms with E-state index in [-0.39, 0.29) is 0 Å². The zero-order valence-electron chi connectivity index (χ0n) is 8.03. The van der Waals surface area contributed by atoms with Crippen LogP contribution in [0.1, 0.15) is 5.89 Å². The van der Waals surface area contributed by atoms with Crippen LogP contribution in [0, 0.1) is 12.3 Å². The van der Waals surface area contributed by atoms with Gasteiger partial charge in [-0.25, -0.2) is 0 Å². The molecule has 0 radical (unpaired) electrons. The van der Waals surface area contributed by atoms with E-state index < -0.39 is 0 Å². The quantitative estimate of drug-likeness (QED) is 0.568. The number of nitrogens with one attached hydrogen (secondary N) is 2. The van der Waals surface area contributed by atoms with Gasteiger partial charge in [0.15, 0.2) is 0 Å². The van der Waals surface area contributed by atoms with Crippen molar-refractivity contribution in [1.82, 2.24) is 20.4 Å². The zero-order chi connectivity index (χ0) is 10.5. The summed E-state index contributed by atoms with van der Waals surface area (Å²) in [5, 5.41) is 6.80. The number of H-pyrrole nitrogens is 1. The van der Waals surface area contributed by atoms with Crippen LogP contribution in [0.25, 0.3) is 11.5 Å². The minimum absolute atomic E-state index is 0.484. The first kappa shape index (κ1) is 9.49. The molecule has 0 fully saturated rings. The summed E-state index contributed by atoms with van der Waals surface area (Å²) < 4.78 is 5.02. The van der Waals surface area contributed by atoms with Gasteiger partial charge in [-0.2, -0.15) is 4.98 Å². The summed E-state index contributed by atoms with van der Waals surface area (Å²) in [5.74, 6) is 3.54. The van der Waals surface area contributed by atoms with Crippen molar-refractivity contribution in [2.24, 2.45) is 0 Å². The number of aromatic nitrogens is 3. The number of terminal acetylenes is 1. The second kappa shape index (κ2) is 4.44. The summed E-state index contributed by atoms with van der Waals surface area (Å²) in [6.07, 6.45) is 6.90. The molecule has 2 N–H and O–H groups in total. The highest BCUT2D eigenvalue weighted by atomic mass is 16.5. The van der Waals surface area contributed by atoms with Gasteiger partial charge in [-0.05, 0) is 12.1 Å². The van der Waals surface area contributed by atoms with E-state index in [9.17, 15) is 0 Å². The molecular formula is C10H10N4O. The Balaban J connectivity index is 2.02. The second-order valence-corrected chi connectivity index (χ2v) is 2.90. The molecule has 0 aliphatic heterocycles. The Bertz CT molecular complexity index is 452. The summed E-state index contributed by atoms with van der Waals surface area (Å²) in [5.41, 5.74) is 0.835. The number of rotatable bonds is 4. The van der Waals surface area contributed by atoms with Crippen molar-refractivity contribution in [2.75, 3.05) is 6.54 Å². The zero-order valence-corrected chi connectivity index (χ0v) is 8.03. The van der Waals surface area contributed by atoms with Gasteiger partial charge in [0, 0.05) is 6.20 Å². The largest absolute Gasteiger partial charge is 0.359 e. The van der Waals surface area contributed by atoms with Crippen molar-refractivity contribution in [2.45, 2.75) is 6.54 Å². The fourth-order valence-corrected chi connectivity index (χ4v) is 1.15. The molecule has 0 unspecified atom stereocenters. The predicted octanol–water partition coefficient (Wildman–Crippen LogP) is 0.787. The van der Waals surface area contributed by atoms with Gasteiger partial charge in [-0.3, -0.25) is 5.32 Å². The highest BCUT2D eigenvalue weighted by Gasteiger charge is 2.07. The predicted molar refractivity (Wildman–Crippen MR) is 54.6 cm³/mol. The summed E-state index contributed by atoms with van der Waals surface area (Å²) in [7, 11) is 0. The first-order chi connectivity index (χ1) is 7.40. The normalized spacial score (nSPS) is 10.1. The molecular weight excluding hydrogens is 192 g/mol. The third-order valence-corrected chi connectivity index (χ3v) is 1.81. The maximum Gasteiger partial charge on any atom is 0.240 e. The highest BCUT2D eigenvalue weighted by molar-refractivity contribution is 5.47. The van der Waals surface area contributed by atoms with Gasteiger partial charge < -0.3 is 9.51 Å². The van der Waals surface area contributed by atoms with E-state index in [1.807, 2.05) is 18.3 Å². The Labute approximate surface area is 86.9 Å². The Hall–Kier alpha value is -2.06. The molecule has 0 saturated carbocycles. The van der Waals surface area contributed by atoms with Gasteiger partial charge >= 0.3 is 0 Å². The van der Waals surface area contributed by atoms with E-state index in [0.29, 0.717) is 24.8 Å². The molecule has 5 nitrogen and oxygen atoms in total. The van der Waals surface area contributed by atoms with Crippen LogP contribution in [0.5, 0.6) is 0 Å². The molecule has 2 rings (SSSR count). The highest BCUT2D eigenvalue weighted by Crippen LogP contribution is 2.11. The maximum atomic E-state index is 5.09. The van der Waals surface area contributed by atoms with Crippen LogP contribution in [-0.4, -0.2) is 21.7 Å². The van der Waals surface area contributed by atoms with Crippen LogP contribution in [-0.2, 0) is 6.54 Å². The topological polar surface area (TPSA) is 66.7 Å². The van der Waals surface area contributed by atoms with Gasteiger partial charge in [0.1, 0.15) is 0 Å². The Kier molecular flexibility index (Phi) is 2.81. The monoisotopic (exact) mass is 202 g/mol. The van der Waals surface area contributed by atoms with E-state index in [2.05, 4.69) is 26.4 Å². The number of aromatic amines is 1. The van der Waals surface area contributed by atoms with Crippen LogP contribution in [0.4, 0.5) is 0 Å². The molecule has 0 atom stereocenters. The Morgan fingerprint density at radius 2 is 2.53 bits per heavy atom. The van der Waals surface area contributed by atoms with E-state index in [1.54, 1.807) is 0 Å². The molecule has 0 spiro atoms. The van der Waals surface area contributed by atoms with Crippen molar-refractivity contribution in [3.8, 4) is 23.9 Å². The number of nitrogens with zero attached hydrogens (tertiary/aromatic N) is 2. The average molecular weight is 202 g/mol. The fraction of sp³-hybridized carbons (Fsp3) is 0.200. The molecule has 2 aromatic heterocycles. The van der Waals surface area contributed by atoms with Crippen LogP contribution >= 0.6 is 0 Å². The lowest BCUT2D eigenvalue weighted by Crippen LogP contribution is -2.13. The molecule has 0 aliphatic rings. The van der Waals surface area contributed by atoms with Crippen molar-refractivity contribution >= 4 is 0 Å². The number of hydrogen-bond donors (Lipinski definition) is 2. The lowest BCUT2D eigenvalue weighted by molar-refractivity contribution is 0.370. The molecule has 5 heteroatoms. The van der Waals surface area contributed by atoms with Crippen molar-refractivity contribution in [3.63, 3.8) is 0 Å². The summed E-state index contributed by atoms with van der Waals surface area (Å²) >= 11 is 0. The fourth-order valence-electron chi connectivity index (χ4n) is 1.15.